The van der Waals surface area contributed by atoms with Gasteiger partial charge in [0.25, 0.3) is 17.5 Å². The van der Waals surface area contributed by atoms with E-state index in [9.17, 15) is 19.7 Å². The topological polar surface area (TPSA) is 111 Å². The molecule has 0 bridgehead atoms. The fourth-order valence-electron chi connectivity index (χ4n) is 4.37. The number of non-ortho nitro benzene ring substituents is 1. The summed E-state index contributed by atoms with van der Waals surface area (Å²) in [5.41, 5.74) is 4.79. The van der Waals surface area contributed by atoms with Crippen LogP contribution in [0.3, 0.4) is 0 Å². The Morgan fingerprint density at radius 2 is 1.66 bits per heavy atom. The summed E-state index contributed by atoms with van der Waals surface area (Å²) in [6, 6.07) is 15.5. The Morgan fingerprint density at radius 3 is 2.34 bits per heavy atom. The van der Waals surface area contributed by atoms with Crippen molar-refractivity contribution >= 4 is 34.5 Å². The summed E-state index contributed by atoms with van der Waals surface area (Å²) in [7, 11) is 0. The second-order valence-electron chi connectivity index (χ2n) is 8.51. The van der Waals surface area contributed by atoms with Crippen molar-refractivity contribution < 1.29 is 14.5 Å². The van der Waals surface area contributed by atoms with Crippen LogP contribution in [0.1, 0.15) is 48.8 Å². The van der Waals surface area contributed by atoms with E-state index in [0.717, 1.165) is 16.3 Å². The molecule has 2 heterocycles. The van der Waals surface area contributed by atoms with E-state index < -0.39 is 16.7 Å². The van der Waals surface area contributed by atoms with Gasteiger partial charge in [0.15, 0.2) is 0 Å². The molecule has 0 spiro atoms. The number of hydrogen-bond acceptors (Lipinski definition) is 6. The van der Waals surface area contributed by atoms with E-state index in [0.29, 0.717) is 17.8 Å². The van der Waals surface area contributed by atoms with Crippen LogP contribution in [-0.4, -0.2) is 37.7 Å². The maximum atomic E-state index is 13.2. The molecule has 3 aromatic carbocycles. The summed E-state index contributed by atoms with van der Waals surface area (Å²) >= 11 is 0. The smallest absolute Gasteiger partial charge is 0.267 e. The SMILES string of the molecule is Cc1ccc(Cn2nc(C)c(/C=N/N3C(=O)c4cccc5c([N+](=O)[O-])ccc(c45)C3=O)c2C)cc1. The van der Waals surface area contributed by atoms with Crippen molar-refractivity contribution in [1.29, 1.82) is 0 Å². The lowest BCUT2D eigenvalue weighted by atomic mass is 9.94. The van der Waals surface area contributed by atoms with Crippen LogP contribution in [0.2, 0.25) is 0 Å². The van der Waals surface area contributed by atoms with Gasteiger partial charge in [-0.3, -0.25) is 24.4 Å². The molecule has 1 aromatic heterocycles. The van der Waals surface area contributed by atoms with E-state index >= 15 is 0 Å². The number of aromatic nitrogens is 2. The molecule has 174 valence electrons. The van der Waals surface area contributed by atoms with Gasteiger partial charge in [0.2, 0.25) is 0 Å². The van der Waals surface area contributed by atoms with Gasteiger partial charge in [-0.1, -0.05) is 35.9 Å². The molecule has 0 unspecified atom stereocenters. The quantitative estimate of drug-likeness (QED) is 0.185. The highest BCUT2D eigenvalue weighted by atomic mass is 16.6. The lowest BCUT2D eigenvalue weighted by Crippen LogP contribution is -2.36. The van der Waals surface area contributed by atoms with E-state index in [1.165, 1.54) is 30.0 Å². The number of carbonyl (C=O) groups excluding carboxylic acids is 2. The summed E-state index contributed by atoms with van der Waals surface area (Å²) in [5.74, 6) is -1.26. The molecule has 0 fully saturated rings. The molecular formula is C26H21N5O4. The van der Waals surface area contributed by atoms with Crippen molar-refractivity contribution in [3.63, 3.8) is 0 Å². The highest BCUT2D eigenvalue weighted by molar-refractivity contribution is 6.26. The largest absolute Gasteiger partial charge is 0.282 e. The molecular weight excluding hydrogens is 446 g/mol. The Hall–Kier alpha value is -4.66. The van der Waals surface area contributed by atoms with Crippen LogP contribution in [0, 0.1) is 30.9 Å². The number of nitro groups is 1. The average molecular weight is 467 g/mol. The van der Waals surface area contributed by atoms with Gasteiger partial charge in [0.05, 0.1) is 39.9 Å². The van der Waals surface area contributed by atoms with Crippen molar-refractivity contribution in [3.05, 3.63) is 104 Å². The molecule has 35 heavy (non-hydrogen) atoms. The number of aryl methyl sites for hydroxylation is 2. The summed E-state index contributed by atoms with van der Waals surface area (Å²) in [6.07, 6.45) is 1.47. The van der Waals surface area contributed by atoms with Gasteiger partial charge < -0.3 is 0 Å². The lowest BCUT2D eigenvalue weighted by molar-refractivity contribution is -0.383. The second kappa shape index (κ2) is 8.28. The Labute approximate surface area is 200 Å². The molecule has 0 aliphatic carbocycles. The molecule has 0 saturated heterocycles. The number of hydrazone groups is 1. The Morgan fingerprint density at radius 1 is 0.971 bits per heavy atom. The number of hydrogen-bond donors (Lipinski definition) is 0. The monoisotopic (exact) mass is 467 g/mol. The number of carbonyl (C=O) groups is 2. The maximum absolute atomic E-state index is 13.2. The van der Waals surface area contributed by atoms with Gasteiger partial charge in [-0.15, -0.1) is 0 Å². The van der Waals surface area contributed by atoms with Crippen molar-refractivity contribution in [1.82, 2.24) is 14.8 Å². The first-order valence-corrected chi connectivity index (χ1v) is 11.0. The van der Waals surface area contributed by atoms with E-state index in [1.807, 2.05) is 49.7 Å². The van der Waals surface area contributed by atoms with E-state index in [1.54, 1.807) is 12.1 Å². The van der Waals surface area contributed by atoms with Crippen molar-refractivity contribution in [2.75, 3.05) is 0 Å². The molecule has 4 aromatic rings. The molecule has 0 radical (unpaired) electrons. The van der Waals surface area contributed by atoms with Gasteiger partial charge in [-0.25, -0.2) is 0 Å². The molecule has 2 amide bonds. The van der Waals surface area contributed by atoms with Crippen LogP contribution >= 0.6 is 0 Å². The van der Waals surface area contributed by atoms with Crippen LogP contribution in [0.5, 0.6) is 0 Å². The molecule has 1 aliphatic rings. The zero-order valence-electron chi connectivity index (χ0n) is 19.3. The van der Waals surface area contributed by atoms with E-state index in [-0.39, 0.29) is 27.6 Å². The number of amides is 2. The summed E-state index contributed by atoms with van der Waals surface area (Å²) in [4.78, 5) is 37.2. The summed E-state index contributed by atoms with van der Waals surface area (Å²) < 4.78 is 1.86. The molecule has 0 N–H and O–H groups in total. The second-order valence-corrected chi connectivity index (χ2v) is 8.51. The average Bonchev–Trinajstić information content (AvgIpc) is 3.10. The minimum atomic E-state index is -0.632. The third-order valence-corrected chi connectivity index (χ3v) is 6.25. The molecule has 0 saturated carbocycles. The first-order valence-electron chi connectivity index (χ1n) is 11.0. The maximum Gasteiger partial charge on any atom is 0.282 e. The minimum Gasteiger partial charge on any atom is -0.267 e. The molecule has 1 aliphatic heterocycles. The number of imide groups is 1. The van der Waals surface area contributed by atoms with Crippen LogP contribution < -0.4 is 0 Å². The standard InChI is InChI=1S/C26H21N5O4/c1-15-7-9-18(10-8-15)14-29-17(3)22(16(2)28-29)13-27-30-25(32)20-6-4-5-19-23(31(34)35)12-11-21(24(19)20)26(30)33/h4-13H,14H2,1-3H3/b27-13+. The number of nitro benzene ring substituents is 1. The molecule has 5 rings (SSSR count). The summed E-state index contributed by atoms with van der Waals surface area (Å²) in [5, 5.41) is 21.6. The van der Waals surface area contributed by atoms with Gasteiger partial charge in [0, 0.05) is 22.7 Å². The highest BCUT2D eigenvalue weighted by Gasteiger charge is 2.34. The fraction of sp³-hybridized carbons (Fsp3) is 0.154. The zero-order valence-corrected chi connectivity index (χ0v) is 19.3. The van der Waals surface area contributed by atoms with Gasteiger partial charge >= 0.3 is 0 Å². The Bertz CT molecular complexity index is 1540. The van der Waals surface area contributed by atoms with Crippen LogP contribution in [0.25, 0.3) is 10.8 Å². The fourth-order valence-corrected chi connectivity index (χ4v) is 4.37. The van der Waals surface area contributed by atoms with Crippen LogP contribution in [-0.2, 0) is 6.54 Å². The molecule has 9 nitrogen and oxygen atoms in total. The van der Waals surface area contributed by atoms with Gasteiger partial charge in [-0.05, 0) is 44.5 Å². The predicted octanol–water partition coefficient (Wildman–Crippen LogP) is 4.55. The molecule has 9 heteroatoms. The molecule has 0 atom stereocenters. The summed E-state index contributed by atoms with van der Waals surface area (Å²) in [6.45, 7) is 6.36. The van der Waals surface area contributed by atoms with Crippen LogP contribution in [0.15, 0.2) is 59.7 Å². The van der Waals surface area contributed by atoms with Gasteiger partial charge in [0.1, 0.15) is 0 Å². The van der Waals surface area contributed by atoms with E-state index in [2.05, 4.69) is 10.2 Å². The first-order chi connectivity index (χ1) is 16.8. The minimum absolute atomic E-state index is 0.157. The predicted molar refractivity (Wildman–Crippen MR) is 131 cm³/mol. The van der Waals surface area contributed by atoms with Crippen molar-refractivity contribution in [2.45, 2.75) is 27.3 Å². The first kappa shape index (κ1) is 22.1. The van der Waals surface area contributed by atoms with Crippen molar-refractivity contribution in [2.24, 2.45) is 5.10 Å². The Kier molecular flexibility index (Phi) is 5.24. The number of rotatable bonds is 5. The third kappa shape index (κ3) is 3.67. The van der Waals surface area contributed by atoms with Crippen molar-refractivity contribution in [3.8, 4) is 0 Å². The highest BCUT2D eigenvalue weighted by Crippen LogP contribution is 2.35. The normalized spacial score (nSPS) is 13.3. The zero-order chi connectivity index (χ0) is 24.9. The Balaban J connectivity index is 1.49. The van der Waals surface area contributed by atoms with Gasteiger partial charge in [-0.2, -0.15) is 15.2 Å². The number of benzene rings is 3. The third-order valence-electron chi connectivity index (χ3n) is 6.25. The van der Waals surface area contributed by atoms with E-state index in [4.69, 9.17) is 0 Å². The lowest BCUT2D eigenvalue weighted by Gasteiger charge is -2.23. The van der Waals surface area contributed by atoms with Crippen LogP contribution in [0.4, 0.5) is 5.69 Å². The number of nitrogens with zero attached hydrogens (tertiary/aromatic N) is 5.